The van der Waals surface area contributed by atoms with Gasteiger partial charge in [0, 0.05) is 0 Å². The lowest BCUT2D eigenvalue weighted by Gasteiger charge is -2.28. The molecule has 3 unspecified atom stereocenters. The van der Waals surface area contributed by atoms with Crippen LogP contribution in [0.3, 0.4) is 0 Å². The number of carboxylic acid groups (broad SMARTS) is 1. The Morgan fingerprint density at radius 3 is 2.33 bits per heavy atom. The fraction of sp³-hybridized carbons (Fsp3) is 0.562. The predicted octanol–water partition coefficient (Wildman–Crippen LogP) is 2.64. The largest absolute Gasteiger partial charge is 0.493 e. The van der Waals surface area contributed by atoms with Gasteiger partial charge in [0.15, 0.2) is 11.5 Å². The second kappa shape index (κ2) is 6.80. The highest BCUT2D eigenvalue weighted by Gasteiger charge is 2.32. The first kappa shape index (κ1) is 17.3. The molecule has 3 N–H and O–H groups in total. The van der Waals surface area contributed by atoms with Crippen molar-refractivity contribution in [2.75, 3.05) is 14.2 Å². The molecule has 0 spiro atoms. The summed E-state index contributed by atoms with van der Waals surface area (Å²) in [6.07, 6.45) is 0.401. The lowest BCUT2D eigenvalue weighted by atomic mass is 9.80. The lowest BCUT2D eigenvalue weighted by Crippen LogP contribution is -2.46. The average Bonchev–Trinajstić information content (AvgIpc) is 2.44. The van der Waals surface area contributed by atoms with E-state index in [0.29, 0.717) is 17.9 Å². The van der Waals surface area contributed by atoms with Crippen LogP contribution in [0.5, 0.6) is 11.5 Å². The number of rotatable bonds is 7. The van der Waals surface area contributed by atoms with E-state index < -0.39 is 11.5 Å². The maximum Gasteiger partial charge on any atom is 0.323 e. The van der Waals surface area contributed by atoms with E-state index in [1.54, 1.807) is 21.1 Å². The number of carboxylic acids is 1. The number of carbonyl (C=O) groups is 1. The zero-order valence-electron chi connectivity index (χ0n) is 13.3. The number of ether oxygens (including phenoxy) is 2. The van der Waals surface area contributed by atoms with Gasteiger partial charge in [-0.25, -0.2) is 0 Å². The van der Waals surface area contributed by atoms with Gasteiger partial charge in [-0.05, 0) is 42.9 Å². The maximum atomic E-state index is 11.1. The fourth-order valence-corrected chi connectivity index (χ4v) is 2.40. The van der Waals surface area contributed by atoms with Crippen molar-refractivity contribution in [3.8, 4) is 11.5 Å². The zero-order chi connectivity index (χ0) is 16.2. The Bertz CT molecular complexity index is 499. The second-order valence-electron chi connectivity index (χ2n) is 5.81. The summed E-state index contributed by atoms with van der Waals surface area (Å²) in [6.45, 7) is 5.62. The van der Waals surface area contributed by atoms with E-state index in [4.69, 9.17) is 20.3 Å². The molecule has 0 amide bonds. The molecule has 1 aromatic rings. The van der Waals surface area contributed by atoms with Crippen LogP contribution in [-0.2, 0) is 4.79 Å². The third kappa shape index (κ3) is 4.11. The summed E-state index contributed by atoms with van der Waals surface area (Å²) < 4.78 is 10.5. The van der Waals surface area contributed by atoms with Gasteiger partial charge >= 0.3 is 5.97 Å². The number of aliphatic carboxylic acids is 1. The third-order valence-electron chi connectivity index (χ3n) is 4.02. The molecule has 1 rings (SSSR count). The van der Waals surface area contributed by atoms with Crippen LogP contribution in [0.1, 0.15) is 38.7 Å². The summed E-state index contributed by atoms with van der Waals surface area (Å²) in [5.74, 6) is 0.646. The number of hydrogen-bond donors (Lipinski definition) is 2. The number of nitrogens with two attached hydrogens (primary N) is 1. The minimum atomic E-state index is -1.22. The molecular formula is C16H25NO4. The molecule has 3 atom stereocenters. The molecule has 0 aliphatic rings. The normalized spacial score (nSPS) is 16.7. The van der Waals surface area contributed by atoms with Crippen molar-refractivity contribution < 1.29 is 19.4 Å². The highest BCUT2D eigenvalue weighted by molar-refractivity contribution is 5.77. The van der Waals surface area contributed by atoms with E-state index in [1.165, 1.54) is 0 Å². The van der Waals surface area contributed by atoms with E-state index >= 15 is 0 Å². The van der Waals surface area contributed by atoms with Crippen LogP contribution in [0.4, 0.5) is 0 Å². The van der Waals surface area contributed by atoms with Gasteiger partial charge in [-0.3, -0.25) is 4.79 Å². The molecule has 1 aromatic carbocycles. The first-order valence-corrected chi connectivity index (χ1v) is 6.97. The average molecular weight is 295 g/mol. The Morgan fingerprint density at radius 1 is 1.29 bits per heavy atom. The maximum absolute atomic E-state index is 11.1. The van der Waals surface area contributed by atoms with E-state index in [-0.39, 0.29) is 11.8 Å². The third-order valence-corrected chi connectivity index (χ3v) is 4.02. The minimum Gasteiger partial charge on any atom is -0.493 e. The summed E-state index contributed by atoms with van der Waals surface area (Å²) in [7, 11) is 3.19. The van der Waals surface area contributed by atoms with Gasteiger partial charge in [-0.2, -0.15) is 0 Å². The van der Waals surface area contributed by atoms with Crippen LogP contribution in [-0.4, -0.2) is 30.8 Å². The molecule has 0 saturated carbocycles. The second-order valence-corrected chi connectivity index (χ2v) is 5.81. The Labute approximate surface area is 126 Å². The predicted molar refractivity (Wildman–Crippen MR) is 82.0 cm³/mol. The van der Waals surface area contributed by atoms with Gasteiger partial charge in [0.05, 0.1) is 14.2 Å². The van der Waals surface area contributed by atoms with Crippen molar-refractivity contribution in [3.63, 3.8) is 0 Å². The lowest BCUT2D eigenvalue weighted by molar-refractivity contribution is -0.143. The van der Waals surface area contributed by atoms with Crippen LogP contribution < -0.4 is 15.2 Å². The summed E-state index contributed by atoms with van der Waals surface area (Å²) in [5, 5.41) is 9.13. The summed E-state index contributed by atoms with van der Waals surface area (Å²) >= 11 is 0. The smallest absolute Gasteiger partial charge is 0.323 e. The molecule has 0 fully saturated rings. The van der Waals surface area contributed by atoms with Crippen molar-refractivity contribution in [1.82, 2.24) is 0 Å². The molecular weight excluding hydrogens is 270 g/mol. The van der Waals surface area contributed by atoms with Crippen molar-refractivity contribution >= 4 is 5.97 Å². The molecule has 0 radical (unpaired) electrons. The van der Waals surface area contributed by atoms with Crippen molar-refractivity contribution in [3.05, 3.63) is 23.8 Å². The highest BCUT2D eigenvalue weighted by Crippen LogP contribution is 2.35. The fourth-order valence-electron chi connectivity index (χ4n) is 2.40. The molecule has 21 heavy (non-hydrogen) atoms. The van der Waals surface area contributed by atoms with Crippen LogP contribution in [0.15, 0.2) is 18.2 Å². The van der Waals surface area contributed by atoms with Gasteiger partial charge in [-0.15, -0.1) is 0 Å². The van der Waals surface area contributed by atoms with Crippen molar-refractivity contribution in [1.29, 1.82) is 0 Å². The summed E-state index contributed by atoms with van der Waals surface area (Å²) in [5.41, 5.74) is 5.69. The molecule has 0 aliphatic heterocycles. The molecule has 0 heterocycles. The first-order chi connectivity index (χ1) is 9.72. The van der Waals surface area contributed by atoms with Gasteiger partial charge < -0.3 is 20.3 Å². The number of methoxy groups -OCH3 is 2. The van der Waals surface area contributed by atoms with Gasteiger partial charge in [0.1, 0.15) is 5.54 Å². The van der Waals surface area contributed by atoms with Crippen molar-refractivity contribution in [2.24, 2.45) is 11.7 Å². The topological polar surface area (TPSA) is 81.8 Å². The van der Waals surface area contributed by atoms with Gasteiger partial charge in [-0.1, -0.05) is 19.9 Å². The summed E-state index contributed by atoms with van der Waals surface area (Å²) in [4.78, 5) is 11.1. The quantitative estimate of drug-likeness (QED) is 0.808. The van der Waals surface area contributed by atoms with Crippen LogP contribution in [0.25, 0.3) is 0 Å². The van der Waals surface area contributed by atoms with E-state index in [9.17, 15) is 4.79 Å². The molecule has 5 nitrogen and oxygen atoms in total. The minimum absolute atomic E-state index is 0.120. The van der Waals surface area contributed by atoms with E-state index in [0.717, 1.165) is 5.56 Å². The summed E-state index contributed by atoms with van der Waals surface area (Å²) in [6, 6.07) is 5.75. The molecule has 5 heteroatoms. The van der Waals surface area contributed by atoms with Gasteiger partial charge in [0.25, 0.3) is 0 Å². The standard InChI is InChI=1S/C16H25NO4/c1-10(9-16(3,17)15(18)19)11(2)12-6-7-13(20-4)14(8-12)21-5/h6-8,10-11H,9,17H2,1-5H3,(H,18,19). The molecule has 0 aliphatic carbocycles. The Hall–Kier alpha value is -1.75. The first-order valence-electron chi connectivity index (χ1n) is 6.97. The van der Waals surface area contributed by atoms with Gasteiger partial charge in [0.2, 0.25) is 0 Å². The molecule has 118 valence electrons. The molecule has 0 aromatic heterocycles. The van der Waals surface area contributed by atoms with E-state index in [1.807, 2.05) is 25.1 Å². The van der Waals surface area contributed by atoms with Crippen LogP contribution in [0.2, 0.25) is 0 Å². The molecule has 0 saturated heterocycles. The van der Waals surface area contributed by atoms with Crippen molar-refractivity contribution in [2.45, 2.75) is 38.6 Å². The number of hydrogen-bond acceptors (Lipinski definition) is 4. The molecule has 0 bridgehead atoms. The monoisotopic (exact) mass is 295 g/mol. The Kier molecular flexibility index (Phi) is 5.61. The van der Waals surface area contributed by atoms with Crippen LogP contribution >= 0.6 is 0 Å². The SMILES string of the molecule is COc1ccc(C(C)C(C)CC(C)(N)C(=O)O)cc1OC. The Balaban J connectivity index is 2.92. The van der Waals surface area contributed by atoms with Crippen LogP contribution in [0, 0.1) is 5.92 Å². The highest BCUT2D eigenvalue weighted by atomic mass is 16.5. The number of benzene rings is 1. The van der Waals surface area contributed by atoms with E-state index in [2.05, 4.69) is 6.92 Å². The zero-order valence-corrected chi connectivity index (χ0v) is 13.3. The Morgan fingerprint density at radius 2 is 1.86 bits per heavy atom.